The van der Waals surface area contributed by atoms with E-state index in [1.165, 1.54) is 36.4 Å². The molecule has 0 aromatic heterocycles. The van der Waals surface area contributed by atoms with E-state index in [2.05, 4.69) is 10.1 Å². The van der Waals surface area contributed by atoms with Gasteiger partial charge in [0.05, 0.1) is 17.6 Å². The minimum absolute atomic E-state index is 0. The lowest BCUT2D eigenvalue weighted by atomic mass is 9.89. The highest BCUT2D eigenvalue weighted by molar-refractivity contribution is 7.89. The number of hydrogen-bond acceptors (Lipinski definition) is 5. The van der Waals surface area contributed by atoms with Crippen LogP contribution in [0, 0.1) is 5.92 Å². The van der Waals surface area contributed by atoms with Crippen molar-refractivity contribution < 1.29 is 17.9 Å². The van der Waals surface area contributed by atoms with Crippen LogP contribution in [0.25, 0.3) is 0 Å². The van der Waals surface area contributed by atoms with Crippen molar-refractivity contribution in [3.8, 4) is 0 Å². The van der Waals surface area contributed by atoms with Crippen molar-refractivity contribution in [2.24, 2.45) is 5.92 Å². The van der Waals surface area contributed by atoms with Crippen LogP contribution in [0.2, 0.25) is 0 Å². The minimum atomic E-state index is -3.57. The molecule has 8 heteroatoms. The van der Waals surface area contributed by atoms with E-state index < -0.39 is 16.0 Å². The summed E-state index contributed by atoms with van der Waals surface area (Å²) in [6.07, 6.45) is 4.17. The average molecular weight is 389 g/mol. The molecular formula is C17H25ClN2O4S. The smallest absolute Gasteiger partial charge is 0.337 e. The second-order valence-corrected chi connectivity index (χ2v) is 8.40. The molecule has 6 nitrogen and oxygen atoms in total. The number of halogens is 1. The van der Waals surface area contributed by atoms with E-state index in [0.717, 1.165) is 19.4 Å². The number of nitrogens with one attached hydrogen (secondary N) is 1. The molecule has 2 heterocycles. The number of carbonyl (C=O) groups excluding carboxylic acids is 1. The van der Waals surface area contributed by atoms with Gasteiger partial charge in [0.1, 0.15) is 0 Å². The third kappa shape index (κ3) is 4.34. The van der Waals surface area contributed by atoms with E-state index in [0.29, 0.717) is 25.0 Å². The normalized spacial score (nSPS) is 22.4. The molecule has 1 atom stereocenters. The van der Waals surface area contributed by atoms with E-state index in [1.54, 1.807) is 12.1 Å². The molecule has 2 fully saturated rings. The van der Waals surface area contributed by atoms with Crippen LogP contribution in [-0.4, -0.2) is 51.5 Å². The molecule has 2 aliphatic rings. The van der Waals surface area contributed by atoms with Gasteiger partial charge in [0, 0.05) is 19.1 Å². The summed E-state index contributed by atoms with van der Waals surface area (Å²) < 4.78 is 31.9. The quantitative estimate of drug-likeness (QED) is 0.799. The molecule has 1 unspecified atom stereocenters. The lowest BCUT2D eigenvalue weighted by Gasteiger charge is -2.34. The van der Waals surface area contributed by atoms with Crippen LogP contribution in [0.3, 0.4) is 0 Å². The zero-order chi connectivity index (χ0) is 17.2. The third-order valence-corrected chi connectivity index (χ3v) is 6.95. The first kappa shape index (κ1) is 20.2. The number of nitrogens with zero attached hydrogens (tertiary/aromatic N) is 1. The first-order valence-corrected chi connectivity index (χ1v) is 9.88. The van der Waals surface area contributed by atoms with Crippen LogP contribution in [0.1, 0.15) is 36.0 Å². The molecule has 2 saturated heterocycles. The zero-order valence-electron chi connectivity index (χ0n) is 14.3. The molecule has 25 heavy (non-hydrogen) atoms. The highest BCUT2D eigenvalue weighted by atomic mass is 35.5. The minimum Gasteiger partial charge on any atom is -0.465 e. The summed E-state index contributed by atoms with van der Waals surface area (Å²) in [7, 11) is -2.28. The summed E-state index contributed by atoms with van der Waals surface area (Å²) >= 11 is 0. The summed E-state index contributed by atoms with van der Waals surface area (Å²) in [6.45, 7) is 2.14. The molecule has 0 radical (unpaired) electrons. The monoisotopic (exact) mass is 388 g/mol. The van der Waals surface area contributed by atoms with Gasteiger partial charge in [-0.25, -0.2) is 13.2 Å². The van der Waals surface area contributed by atoms with Gasteiger partial charge in [-0.15, -0.1) is 12.4 Å². The number of piperidine rings is 1. The molecule has 2 aliphatic heterocycles. The molecule has 140 valence electrons. The van der Waals surface area contributed by atoms with Crippen molar-refractivity contribution in [1.29, 1.82) is 0 Å². The fraction of sp³-hybridized carbons (Fsp3) is 0.588. The molecular weight excluding hydrogens is 364 g/mol. The Morgan fingerprint density at radius 2 is 1.96 bits per heavy atom. The molecule has 0 amide bonds. The standard InChI is InChI=1S/C17H24N2O4S.ClH/c1-23-17(20)14-4-2-5-15(12-14)24(21,22)19-10-7-13(8-11-19)16-6-3-9-18-16;/h2,4-5,12-13,16,18H,3,6-11H2,1H3;1H. The fourth-order valence-corrected chi connectivity index (χ4v) is 5.20. The average Bonchev–Trinajstić information content (AvgIpc) is 3.16. The second kappa shape index (κ2) is 8.49. The fourth-order valence-electron chi connectivity index (χ4n) is 3.68. The highest BCUT2D eigenvalue weighted by Gasteiger charge is 2.33. The van der Waals surface area contributed by atoms with Crippen LogP contribution < -0.4 is 5.32 Å². The first-order chi connectivity index (χ1) is 11.5. The zero-order valence-corrected chi connectivity index (χ0v) is 15.9. The molecule has 1 N–H and O–H groups in total. The van der Waals surface area contributed by atoms with Gasteiger partial charge in [0.25, 0.3) is 0 Å². The topological polar surface area (TPSA) is 75.7 Å². The van der Waals surface area contributed by atoms with Crippen molar-refractivity contribution in [3.63, 3.8) is 0 Å². The molecule has 0 spiro atoms. The van der Waals surface area contributed by atoms with Gasteiger partial charge < -0.3 is 10.1 Å². The number of methoxy groups -OCH3 is 1. The van der Waals surface area contributed by atoms with Crippen molar-refractivity contribution in [1.82, 2.24) is 9.62 Å². The summed E-state index contributed by atoms with van der Waals surface area (Å²) in [5.74, 6) is 0.0263. The van der Waals surface area contributed by atoms with Crippen molar-refractivity contribution >= 4 is 28.4 Å². The molecule has 0 aliphatic carbocycles. The van der Waals surface area contributed by atoms with Gasteiger partial charge in [-0.2, -0.15) is 4.31 Å². The van der Waals surface area contributed by atoms with Crippen LogP contribution in [0.5, 0.6) is 0 Å². The number of ether oxygens (including phenoxy) is 1. The second-order valence-electron chi connectivity index (χ2n) is 6.46. The van der Waals surface area contributed by atoms with Crippen molar-refractivity contribution in [3.05, 3.63) is 29.8 Å². The van der Waals surface area contributed by atoms with Gasteiger partial charge in [-0.1, -0.05) is 6.07 Å². The lowest BCUT2D eigenvalue weighted by Crippen LogP contribution is -2.43. The predicted octanol–water partition coefficient (Wildman–Crippen LogP) is 2.05. The van der Waals surface area contributed by atoms with E-state index in [9.17, 15) is 13.2 Å². The van der Waals surface area contributed by atoms with Crippen LogP contribution in [0.15, 0.2) is 29.2 Å². The highest BCUT2D eigenvalue weighted by Crippen LogP contribution is 2.29. The Balaban J connectivity index is 0.00000225. The van der Waals surface area contributed by atoms with Crippen LogP contribution in [0.4, 0.5) is 0 Å². The summed E-state index contributed by atoms with van der Waals surface area (Å²) in [5, 5.41) is 3.52. The first-order valence-electron chi connectivity index (χ1n) is 8.44. The summed E-state index contributed by atoms with van der Waals surface area (Å²) in [4.78, 5) is 11.8. The number of sulfonamides is 1. The maximum absolute atomic E-state index is 12.8. The van der Waals surface area contributed by atoms with Gasteiger partial charge >= 0.3 is 5.97 Å². The number of benzene rings is 1. The molecule has 0 bridgehead atoms. The Hall–Kier alpha value is -1.15. The van der Waals surface area contributed by atoms with Crippen molar-refractivity contribution in [2.75, 3.05) is 26.7 Å². The largest absolute Gasteiger partial charge is 0.465 e. The van der Waals surface area contributed by atoms with Gasteiger partial charge in [0.2, 0.25) is 10.0 Å². The maximum atomic E-state index is 12.8. The number of rotatable bonds is 4. The van der Waals surface area contributed by atoms with Gasteiger partial charge in [0.15, 0.2) is 0 Å². The van der Waals surface area contributed by atoms with Crippen LogP contribution >= 0.6 is 12.4 Å². The summed E-state index contributed by atoms with van der Waals surface area (Å²) in [5.41, 5.74) is 0.253. The van der Waals surface area contributed by atoms with E-state index >= 15 is 0 Å². The Bertz CT molecular complexity index is 696. The molecule has 0 saturated carbocycles. The Morgan fingerprint density at radius 1 is 1.24 bits per heavy atom. The Morgan fingerprint density at radius 3 is 2.56 bits per heavy atom. The van der Waals surface area contributed by atoms with Gasteiger partial charge in [-0.3, -0.25) is 0 Å². The van der Waals surface area contributed by atoms with E-state index in [-0.39, 0.29) is 22.9 Å². The molecule has 3 rings (SSSR count). The summed E-state index contributed by atoms with van der Waals surface area (Å²) in [6, 6.07) is 6.60. The number of carbonyl (C=O) groups is 1. The van der Waals surface area contributed by atoms with E-state index in [1.807, 2.05) is 0 Å². The predicted molar refractivity (Wildman–Crippen MR) is 97.5 cm³/mol. The van der Waals surface area contributed by atoms with Crippen molar-refractivity contribution in [2.45, 2.75) is 36.6 Å². The van der Waals surface area contributed by atoms with Gasteiger partial charge in [-0.05, 0) is 56.3 Å². The Labute approximate surface area is 155 Å². The number of hydrogen-bond donors (Lipinski definition) is 1. The third-order valence-electron chi connectivity index (χ3n) is 5.06. The molecule has 1 aromatic carbocycles. The van der Waals surface area contributed by atoms with E-state index in [4.69, 9.17) is 0 Å². The Kier molecular flexibility index (Phi) is 6.85. The lowest BCUT2D eigenvalue weighted by molar-refractivity contribution is 0.0600. The number of esters is 1. The molecule has 1 aromatic rings. The van der Waals surface area contributed by atoms with Crippen LogP contribution in [-0.2, 0) is 14.8 Å². The maximum Gasteiger partial charge on any atom is 0.337 e. The SMILES string of the molecule is COC(=O)c1cccc(S(=O)(=O)N2CCC(C3CCCN3)CC2)c1.Cl.